The molecule has 0 radical (unpaired) electrons. The lowest BCUT2D eigenvalue weighted by molar-refractivity contribution is 1.53. The van der Waals surface area contributed by atoms with Crippen molar-refractivity contribution in [1.82, 2.24) is 0 Å². The number of hydrogen-bond acceptors (Lipinski definition) is 2. The van der Waals surface area contributed by atoms with Gasteiger partial charge in [-0.15, -0.1) is 11.8 Å². The van der Waals surface area contributed by atoms with E-state index in [0.29, 0.717) is 9.40 Å². The summed E-state index contributed by atoms with van der Waals surface area (Å²) in [5.74, 6) is 4.66. The van der Waals surface area contributed by atoms with Gasteiger partial charge in [0.25, 0.3) is 0 Å². The third-order valence-corrected chi connectivity index (χ3v) is 3.11. The van der Waals surface area contributed by atoms with Crippen LogP contribution in [0.5, 0.6) is 0 Å². The van der Waals surface area contributed by atoms with E-state index < -0.39 is 0 Å². The van der Waals surface area contributed by atoms with Crippen LogP contribution in [0, 0.1) is 11.2 Å². The van der Waals surface area contributed by atoms with Crippen molar-refractivity contribution < 1.29 is 0 Å². The number of allylic oxidation sites excluding steroid dienone is 1. The molecule has 0 N–H and O–H groups in total. The zero-order chi connectivity index (χ0) is 9.40. The predicted molar refractivity (Wildman–Crippen MR) is 62.8 cm³/mol. The summed E-state index contributed by atoms with van der Waals surface area (Å²) in [5.41, 5.74) is 0. The van der Waals surface area contributed by atoms with Gasteiger partial charge >= 0.3 is 0 Å². The molecule has 0 atom stereocenters. The lowest BCUT2D eigenvalue weighted by atomic mass is 10.7. The number of rotatable bonds is 3. The third-order valence-electron chi connectivity index (χ3n) is 0.821. The van der Waals surface area contributed by atoms with Crippen molar-refractivity contribution in [3.05, 3.63) is 9.40 Å². The minimum atomic E-state index is 0.449. The van der Waals surface area contributed by atoms with Crippen molar-refractivity contribution in [1.29, 1.82) is 0 Å². The molecule has 0 nitrogen and oxygen atoms in total. The van der Waals surface area contributed by atoms with Gasteiger partial charge in [0.2, 0.25) is 0 Å². The topological polar surface area (TPSA) is 0 Å². The molecule has 0 aliphatic rings. The standard InChI is InChI=1S/C8H10Cl2S2/c1-3-11-6-5-7(9)8(10)12-4-2/h3-4H2,1-2H3/b8-7+. The second kappa shape index (κ2) is 8.19. The Morgan fingerprint density at radius 3 is 2.42 bits per heavy atom. The molecule has 0 bridgehead atoms. The van der Waals surface area contributed by atoms with Crippen LogP contribution in [-0.4, -0.2) is 11.5 Å². The monoisotopic (exact) mass is 240 g/mol. The van der Waals surface area contributed by atoms with Gasteiger partial charge in [0, 0.05) is 5.75 Å². The van der Waals surface area contributed by atoms with Crippen LogP contribution < -0.4 is 0 Å². The molecule has 0 saturated carbocycles. The number of halogens is 2. The van der Waals surface area contributed by atoms with Gasteiger partial charge in [0.05, 0.1) is 0 Å². The van der Waals surface area contributed by atoms with Crippen molar-refractivity contribution in [2.45, 2.75) is 13.8 Å². The van der Waals surface area contributed by atoms with Crippen LogP contribution in [0.2, 0.25) is 0 Å². The Balaban J connectivity index is 4.08. The van der Waals surface area contributed by atoms with Crippen LogP contribution in [0.1, 0.15) is 13.8 Å². The van der Waals surface area contributed by atoms with Crippen LogP contribution in [0.15, 0.2) is 9.40 Å². The van der Waals surface area contributed by atoms with Crippen molar-refractivity contribution in [3.8, 4) is 11.2 Å². The summed E-state index contributed by atoms with van der Waals surface area (Å²) < 4.78 is 0.586. The van der Waals surface area contributed by atoms with E-state index in [9.17, 15) is 0 Å². The summed E-state index contributed by atoms with van der Waals surface area (Å²) in [6, 6.07) is 0. The van der Waals surface area contributed by atoms with E-state index in [1.165, 1.54) is 23.5 Å². The van der Waals surface area contributed by atoms with E-state index >= 15 is 0 Å². The van der Waals surface area contributed by atoms with E-state index in [0.717, 1.165) is 11.5 Å². The van der Waals surface area contributed by atoms with Gasteiger partial charge in [-0.1, -0.05) is 48.8 Å². The average molecular weight is 241 g/mol. The fraction of sp³-hybridized carbons (Fsp3) is 0.500. The SMILES string of the molecule is CCSC#C/C(Cl)=C(/Cl)SCC. The Bertz CT molecular complexity index is 213. The van der Waals surface area contributed by atoms with Crippen LogP contribution in [0.25, 0.3) is 0 Å². The van der Waals surface area contributed by atoms with Gasteiger partial charge in [0.15, 0.2) is 0 Å². The van der Waals surface area contributed by atoms with Crippen molar-refractivity contribution in [2.24, 2.45) is 0 Å². The molecule has 0 aromatic carbocycles. The Morgan fingerprint density at radius 2 is 1.92 bits per heavy atom. The minimum Gasteiger partial charge on any atom is -0.112 e. The predicted octanol–water partition coefficient (Wildman–Crippen LogP) is 4.10. The minimum absolute atomic E-state index is 0.449. The highest BCUT2D eigenvalue weighted by Crippen LogP contribution is 2.25. The summed E-state index contributed by atoms with van der Waals surface area (Å²) >= 11 is 14.6. The quantitative estimate of drug-likeness (QED) is 0.682. The second-order valence-corrected chi connectivity index (χ2v) is 5.01. The van der Waals surface area contributed by atoms with Crippen LogP contribution in [0.3, 0.4) is 0 Å². The maximum atomic E-state index is 5.81. The molecular formula is C8H10Cl2S2. The first-order valence-electron chi connectivity index (χ1n) is 3.53. The molecule has 0 spiro atoms. The molecular weight excluding hydrogens is 231 g/mol. The third kappa shape index (κ3) is 6.14. The zero-order valence-electron chi connectivity index (χ0n) is 6.99. The maximum Gasteiger partial charge on any atom is 0.116 e. The molecule has 12 heavy (non-hydrogen) atoms. The number of hydrogen-bond donors (Lipinski definition) is 0. The maximum absolute atomic E-state index is 5.81. The van der Waals surface area contributed by atoms with Gasteiger partial charge in [0.1, 0.15) is 9.40 Å². The molecule has 0 aliphatic heterocycles. The Hall–Kier alpha value is 0.580. The molecule has 68 valence electrons. The summed E-state index contributed by atoms with van der Waals surface area (Å²) in [6.45, 7) is 4.06. The van der Waals surface area contributed by atoms with Crippen LogP contribution >= 0.6 is 46.7 Å². The zero-order valence-corrected chi connectivity index (χ0v) is 10.1. The van der Waals surface area contributed by atoms with E-state index in [-0.39, 0.29) is 0 Å². The van der Waals surface area contributed by atoms with Gasteiger partial charge in [-0.05, 0) is 16.9 Å². The van der Waals surface area contributed by atoms with Gasteiger partial charge in [-0.2, -0.15) is 0 Å². The fourth-order valence-corrected chi connectivity index (χ4v) is 1.78. The summed E-state index contributed by atoms with van der Waals surface area (Å²) in [7, 11) is 0. The first-order valence-corrected chi connectivity index (χ1v) is 6.25. The summed E-state index contributed by atoms with van der Waals surface area (Å²) in [6.07, 6.45) is 0. The molecule has 0 aromatic rings. The normalized spacial score (nSPS) is 11.7. The van der Waals surface area contributed by atoms with Crippen molar-refractivity contribution >= 4 is 46.7 Å². The van der Waals surface area contributed by atoms with Gasteiger partial charge < -0.3 is 0 Å². The second-order valence-electron chi connectivity index (χ2n) is 1.68. The summed E-state index contributed by atoms with van der Waals surface area (Å²) in [4.78, 5) is 0. The molecule has 0 aliphatic carbocycles. The Labute approximate surface area is 92.5 Å². The molecule has 0 heterocycles. The van der Waals surface area contributed by atoms with E-state index in [1.54, 1.807) is 0 Å². The molecule has 0 saturated heterocycles. The Morgan fingerprint density at radius 1 is 1.25 bits per heavy atom. The first-order chi connectivity index (χ1) is 5.72. The largest absolute Gasteiger partial charge is 0.116 e. The van der Waals surface area contributed by atoms with E-state index in [4.69, 9.17) is 23.2 Å². The molecule has 4 heteroatoms. The van der Waals surface area contributed by atoms with Crippen LogP contribution in [-0.2, 0) is 0 Å². The molecule has 0 fully saturated rings. The first kappa shape index (κ1) is 12.6. The lowest BCUT2D eigenvalue weighted by Crippen LogP contribution is -1.71. The summed E-state index contributed by atoms with van der Waals surface area (Å²) in [5, 5.41) is 3.30. The smallest absolute Gasteiger partial charge is 0.112 e. The fourth-order valence-electron chi connectivity index (χ4n) is 0.392. The highest BCUT2D eigenvalue weighted by molar-refractivity contribution is 8.04. The van der Waals surface area contributed by atoms with Crippen LogP contribution in [0.4, 0.5) is 0 Å². The van der Waals surface area contributed by atoms with Crippen molar-refractivity contribution in [3.63, 3.8) is 0 Å². The van der Waals surface area contributed by atoms with Gasteiger partial charge in [-0.3, -0.25) is 0 Å². The van der Waals surface area contributed by atoms with E-state index in [1.807, 2.05) is 13.8 Å². The molecule has 0 aromatic heterocycles. The highest BCUT2D eigenvalue weighted by atomic mass is 35.5. The lowest BCUT2D eigenvalue weighted by Gasteiger charge is -1.93. The number of thioether (sulfide) groups is 2. The van der Waals surface area contributed by atoms with E-state index in [2.05, 4.69) is 11.2 Å². The Kier molecular flexibility index (Phi) is 8.59. The molecule has 0 amide bonds. The average Bonchev–Trinajstić information content (AvgIpc) is 2.05. The molecule has 0 rings (SSSR count). The van der Waals surface area contributed by atoms with Crippen molar-refractivity contribution in [2.75, 3.05) is 11.5 Å². The molecule has 0 unspecified atom stereocenters. The van der Waals surface area contributed by atoms with Gasteiger partial charge in [-0.25, -0.2) is 0 Å². The highest BCUT2D eigenvalue weighted by Gasteiger charge is 1.96.